The average molecular weight is 303 g/mol. The molecule has 0 aliphatic rings. The lowest BCUT2D eigenvalue weighted by molar-refractivity contribution is 1.78. The molecule has 0 atom stereocenters. The Hall–Kier alpha value is -3.37. The van der Waals surface area contributed by atoms with Gasteiger partial charge in [-0.25, -0.2) is 4.85 Å². The van der Waals surface area contributed by atoms with Gasteiger partial charge in [-0.05, 0) is 49.2 Å². The van der Waals surface area contributed by atoms with Crippen LogP contribution in [0.5, 0.6) is 0 Å². The van der Waals surface area contributed by atoms with Crippen LogP contribution in [0.4, 0.5) is 5.69 Å². The zero-order valence-electron chi connectivity index (χ0n) is 13.0. The summed E-state index contributed by atoms with van der Waals surface area (Å²) in [6.45, 7) is 7.19. The molecule has 0 bridgehead atoms. The molecule has 5 rings (SSSR count). The van der Waals surface area contributed by atoms with E-state index in [0.717, 1.165) is 5.39 Å². The van der Waals surface area contributed by atoms with Crippen LogP contribution in [0.2, 0.25) is 0 Å². The van der Waals surface area contributed by atoms with Gasteiger partial charge in [0.15, 0.2) is 5.69 Å². The van der Waals surface area contributed by atoms with Crippen molar-refractivity contribution in [2.75, 3.05) is 0 Å². The molecule has 0 aromatic heterocycles. The van der Waals surface area contributed by atoms with Gasteiger partial charge in [-0.1, -0.05) is 72.8 Å². The molecule has 1 heteroatoms. The van der Waals surface area contributed by atoms with Gasteiger partial charge in [0.1, 0.15) is 0 Å². The van der Waals surface area contributed by atoms with Crippen LogP contribution < -0.4 is 0 Å². The van der Waals surface area contributed by atoms with Gasteiger partial charge < -0.3 is 0 Å². The maximum Gasteiger partial charge on any atom is 0.187 e. The molecule has 0 amide bonds. The van der Waals surface area contributed by atoms with Crippen molar-refractivity contribution in [1.82, 2.24) is 0 Å². The largest absolute Gasteiger partial charge is 0.238 e. The maximum atomic E-state index is 7.19. The average Bonchev–Trinajstić information content (AvgIpc) is 2.66. The highest BCUT2D eigenvalue weighted by molar-refractivity contribution is 6.22. The first-order chi connectivity index (χ1) is 11.8. The lowest BCUT2D eigenvalue weighted by Crippen LogP contribution is -1.82. The fourth-order valence-corrected chi connectivity index (χ4v) is 3.70. The van der Waals surface area contributed by atoms with E-state index in [0.29, 0.717) is 5.69 Å². The molecule has 0 radical (unpaired) electrons. The summed E-state index contributed by atoms with van der Waals surface area (Å²) in [5.41, 5.74) is 0.689. The van der Waals surface area contributed by atoms with E-state index in [2.05, 4.69) is 71.6 Å². The number of hydrogen-bond acceptors (Lipinski definition) is 0. The molecule has 0 spiro atoms. The normalized spacial score (nSPS) is 11.3. The lowest BCUT2D eigenvalue weighted by Gasteiger charge is -2.10. The van der Waals surface area contributed by atoms with Gasteiger partial charge in [0, 0.05) is 0 Å². The monoisotopic (exact) mass is 303 g/mol. The molecule has 1 nitrogen and oxygen atoms in total. The van der Waals surface area contributed by atoms with Gasteiger partial charge in [0.05, 0.1) is 6.57 Å². The summed E-state index contributed by atoms with van der Waals surface area (Å²) in [6, 6.07) is 27.6. The van der Waals surface area contributed by atoms with Crippen molar-refractivity contribution in [1.29, 1.82) is 0 Å². The highest BCUT2D eigenvalue weighted by Crippen LogP contribution is 2.35. The molecule has 0 saturated carbocycles. The van der Waals surface area contributed by atoms with Crippen molar-refractivity contribution < 1.29 is 0 Å². The minimum Gasteiger partial charge on any atom is -0.238 e. The fourth-order valence-electron chi connectivity index (χ4n) is 3.70. The van der Waals surface area contributed by atoms with Crippen molar-refractivity contribution >= 4 is 48.8 Å². The van der Waals surface area contributed by atoms with Crippen molar-refractivity contribution in [3.8, 4) is 0 Å². The zero-order chi connectivity index (χ0) is 16.1. The molecular formula is C23H13N. The second-order valence-corrected chi connectivity index (χ2v) is 6.13. The van der Waals surface area contributed by atoms with Crippen LogP contribution in [-0.2, 0) is 0 Å². The van der Waals surface area contributed by atoms with Crippen molar-refractivity contribution in [2.45, 2.75) is 0 Å². The predicted octanol–water partition coefficient (Wildman–Crippen LogP) is 6.85. The van der Waals surface area contributed by atoms with E-state index in [-0.39, 0.29) is 0 Å². The van der Waals surface area contributed by atoms with Crippen molar-refractivity contribution in [3.63, 3.8) is 0 Å². The van der Waals surface area contributed by atoms with E-state index in [4.69, 9.17) is 6.57 Å². The SMILES string of the molecule is [C-]#[N+]c1ccc2c(ccc3c2ccc2c4ccccc4ccc23)c1. The van der Waals surface area contributed by atoms with Crippen LogP contribution in [0, 0.1) is 6.57 Å². The van der Waals surface area contributed by atoms with Crippen LogP contribution >= 0.6 is 0 Å². The van der Waals surface area contributed by atoms with E-state index < -0.39 is 0 Å². The first-order valence-electron chi connectivity index (χ1n) is 7.99. The number of hydrogen-bond donors (Lipinski definition) is 0. The molecule has 0 heterocycles. The Bertz CT molecular complexity index is 1310. The molecule has 110 valence electrons. The Morgan fingerprint density at radius 1 is 0.500 bits per heavy atom. The van der Waals surface area contributed by atoms with Gasteiger partial charge in [-0.3, -0.25) is 0 Å². The molecule has 24 heavy (non-hydrogen) atoms. The maximum absolute atomic E-state index is 7.19. The predicted molar refractivity (Wildman–Crippen MR) is 103 cm³/mol. The zero-order valence-corrected chi connectivity index (χ0v) is 13.0. The molecule has 0 saturated heterocycles. The third-order valence-electron chi connectivity index (χ3n) is 4.85. The molecule has 0 aliphatic heterocycles. The van der Waals surface area contributed by atoms with Crippen molar-refractivity contribution in [2.24, 2.45) is 0 Å². The second-order valence-electron chi connectivity index (χ2n) is 6.13. The highest BCUT2D eigenvalue weighted by Gasteiger charge is 2.07. The molecule has 0 unspecified atom stereocenters. The van der Waals surface area contributed by atoms with Gasteiger partial charge in [0.2, 0.25) is 0 Å². The quantitative estimate of drug-likeness (QED) is 0.218. The summed E-state index contributed by atoms with van der Waals surface area (Å²) in [6.07, 6.45) is 0. The Morgan fingerprint density at radius 2 is 1.04 bits per heavy atom. The van der Waals surface area contributed by atoms with Crippen LogP contribution in [0.25, 0.3) is 47.9 Å². The number of rotatable bonds is 0. The minimum atomic E-state index is 0.689. The van der Waals surface area contributed by atoms with E-state index in [1.807, 2.05) is 12.1 Å². The lowest BCUT2D eigenvalue weighted by atomic mass is 9.94. The third-order valence-corrected chi connectivity index (χ3v) is 4.85. The summed E-state index contributed by atoms with van der Waals surface area (Å²) in [5.74, 6) is 0. The Kier molecular flexibility index (Phi) is 2.63. The second kappa shape index (κ2) is 4.81. The first kappa shape index (κ1) is 13.1. The molecule has 0 fully saturated rings. The van der Waals surface area contributed by atoms with Gasteiger partial charge in [-0.15, -0.1) is 0 Å². The van der Waals surface area contributed by atoms with Gasteiger partial charge in [0.25, 0.3) is 0 Å². The highest BCUT2D eigenvalue weighted by atomic mass is 14.6. The minimum absolute atomic E-state index is 0.689. The van der Waals surface area contributed by atoms with Crippen LogP contribution in [-0.4, -0.2) is 0 Å². The van der Waals surface area contributed by atoms with Gasteiger partial charge >= 0.3 is 0 Å². The standard InChI is InChI=1S/C23H13N/c1-24-17-8-11-19-16(14-17)7-10-23-21(19)13-12-20-18-5-3-2-4-15(18)6-9-22(20)23/h2-14H. The smallest absolute Gasteiger partial charge is 0.187 e. The van der Waals surface area contributed by atoms with Crippen LogP contribution in [0.1, 0.15) is 0 Å². The van der Waals surface area contributed by atoms with Crippen molar-refractivity contribution in [3.05, 3.63) is 90.3 Å². The Balaban J connectivity index is 1.96. The van der Waals surface area contributed by atoms with Crippen LogP contribution in [0.3, 0.4) is 0 Å². The summed E-state index contributed by atoms with van der Waals surface area (Å²) >= 11 is 0. The van der Waals surface area contributed by atoms with E-state index in [1.165, 1.54) is 37.7 Å². The Morgan fingerprint density at radius 3 is 1.79 bits per heavy atom. The van der Waals surface area contributed by atoms with Gasteiger partial charge in [-0.2, -0.15) is 0 Å². The van der Waals surface area contributed by atoms with E-state index in [9.17, 15) is 0 Å². The Labute approximate surface area is 139 Å². The number of fused-ring (bicyclic) bond motifs is 7. The number of nitrogens with zero attached hydrogens (tertiary/aromatic N) is 1. The summed E-state index contributed by atoms with van der Waals surface area (Å²) < 4.78 is 0. The fraction of sp³-hybridized carbons (Fsp3) is 0. The summed E-state index contributed by atoms with van der Waals surface area (Å²) in [5, 5.41) is 9.96. The summed E-state index contributed by atoms with van der Waals surface area (Å²) in [4.78, 5) is 3.53. The van der Waals surface area contributed by atoms with E-state index >= 15 is 0 Å². The molecule has 5 aromatic carbocycles. The number of benzene rings is 5. The molecular weight excluding hydrogens is 290 g/mol. The van der Waals surface area contributed by atoms with Crippen LogP contribution in [0.15, 0.2) is 78.9 Å². The topological polar surface area (TPSA) is 4.36 Å². The van der Waals surface area contributed by atoms with E-state index in [1.54, 1.807) is 0 Å². The molecule has 0 N–H and O–H groups in total. The first-order valence-corrected chi connectivity index (χ1v) is 7.99. The molecule has 0 aliphatic carbocycles. The summed E-state index contributed by atoms with van der Waals surface area (Å²) in [7, 11) is 0. The molecule has 5 aromatic rings. The third kappa shape index (κ3) is 1.74.